The van der Waals surface area contributed by atoms with Gasteiger partial charge in [0.05, 0.1) is 12.7 Å². The minimum absolute atomic E-state index is 0.0466. The number of carbonyl (C=O) groups excluding carboxylic acids is 2. The van der Waals surface area contributed by atoms with Gasteiger partial charge in [-0.3, -0.25) is 4.79 Å². The van der Waals surface area contributed by atoms with Crippen LogP contribution in [0.5, 0.6) is 0 Å². The fraction of sp³-hybridized carbons (Fsp3) is 0.286. The van der Waals surface area contributed by atoms with E-state index in [-0.39, 0.29) is 5.78 Å². The molecule has 2 N–H and O–H groups in total. The average molecular weight is 247 g/mol. The Hall–Kier alpha value is -2.10. The van der Waals surface area contributed by atoms with Gasteiger partial charge in [0.15, 0.2) is 5.78 Å². The minimum atomic E-state index is -0.422. The molecule has 96 valence electrons. The summed E-state index contributed by atoms with van der Waals surface area (Å²) in [5, 5.41) is 0. The van der Waals surface area contributed by atoms with Crippen LogP contribution in [0.3, 0.4) is 0 Å². The third kappa shape index (κ3) is 3.20. The summed E-state index contributed by atoms with van der Waals surface area (Å²) >= 11 is 0. The number of ether oxygens (including phenoxy) is 1. The smallest absolute Gasteiger partial charge is 0.337 e. The molecule has 0 aliphatic carbocycles. The van der Waals surface area contributed by atoms with Crippen molar-refractivity contribution < 1.29 is 14.3 Å². The van der Waals surface area contributed by atoms with Gasteiger partial charge >= 0.3 is 5.97 Å². The number of nitrogen functional groups attached to an aromatic ring is 1. The van der Waals surface area contributed by atoms with E-state index in [0.717, 1.165) is 5.57 Å². The number of anilines is 1. The Bertz CT molecular complexity index is 504. The zero-order valence-corrected chi connectivity index (χ0v) is 10.8. The number of allylic oxidation sites excluding steroid dienone is 2. The SMILES string of the molecule is CC/C(=C\C(C)=O)c1cc(C(=O)OC)ccc1N. The number of esters is 1. The molecule has 0 radical (unpaired) electrons. The first-order valence-electron chi connectivity index (χ1n) is 5.69. The number of carbonyl (C=O) groups is 2. The van der Waals surface area contributed by atoms with E-state index in [4.69, 9.17) is 5.73 Å². The monoisotopic (exact) mass is 247 g/mol. The Morgan fingerprint density at radius 1 is 1.39 bits per heavy atom. The zero-order chi connectivity index (χ0) is 13.7. The summed E-state index contributed by atoms with van der Waals surface area (Å²) in [7, 11) is 1.32. The number of benzene rings is 1. The van der Waals surface area contributed by atoms with Crippen molar-refractivity contribution in [3.05, 3.63) is 35.4 Å². The van der Waals surface area contributed by atoms with E-state index < -0.39 is 5.97 Å². The van der Waals surface area contributed by atoms with E-state index in [2.05, 4.69) is 4.74 Å². The van der Waals surface area contributed by atoms with Gasteiger partial charge in [0.1, 0.15) is 0 Å². The Kier molecular flexibility index (Phi) is 4.66. The quantitative estimate of drug-likeness (QED) is 0.504. The number of hydrogen-bond acceptors (Lipinski definition) is 4. The molecular weight excluding hydrogens is 230 g/mol. The normalized spacial score (nSPS) is 11.2. The van der Waals surface area contributed by atoms with Gasteiger partial charge in [-0.1, -0.05) is 6.92 Å². The van der Waals surface area contributed by atoms with Crippen LogP contribution >= 0.6 is 0 Å². The van der Waals surface area contributed by atoms with Crippen molar-refractivity contribution in [1.82, 2.24) is 0 Å². The predicted molar refractivity (Wildman–Crippen MR) is 71.1 cm³/mol. The molecule has 18 heavy (non-hydrogen) atoms. The molecule has 4 heteroatoms. The van der Waals surface area contributed by atoms with Crippen LogP contribution in [-0.2, 0) is 9.53 Å². The van der Waals surface area contributed by atoms with E-state index >= 15 is 0 Å². The second kappa shape index (κ2) is 6.00. The summed E-state index contributed by atoms with van der Waals surface area (Å²) in [6.07, 6.45) is 2.20. The van der Waals surface area contributed by atoms with Gasteiger partial charge in [-0.15, -0.1) is 0 Å². The van der Waals surface area contributed by atoms with Gasteiger partial charge in [-0.05, 0) is 43.2 Å². The number of nitrogens with two attached hydrogens (primary N) is 1. The van der Waals surface area contributed by atoms with E-state index in [1.165, 1.54) is 20.1 Å². The zero-order valence-electron chi connectivity index (χ0n) is 10.8. The van der Waals surface area contributed by atoms with E-state index in [0.29, 0.717) is 23.2 Å². The first kappa shape index (κ1) is 14.0. The molecule has 0 aliphatic heterocycles. The Balaban J connectivity index is 3.30. The summed E-state index contributed by atoms with van der Waals surface area (Å²) in [4.78, 5) is 22.6. The summed E-state index contributed by atoms with van der Waals surface area (Å²) in [6.45, 7) is 3.41. The molecule has 4 nitrogen and oxygen atoms in total. The molecule has 0 saturated heterocycles. The van der Waals surface area contributed by atoms with Crippen molar-refractivity contribution >= 4 is 23.0 Å². The Morgan fingerprint density at radius 3 is 2.56 bits per heavy atom. The van der Waals surface area contributed by atoms with Gasteiger partial charge in [0, 0.05) is 11.3 Å². The van der Waals surface area contributed by atoms with Crippen LogP contribution in [0.1, 0.15) is 36.2 Å². The molecular formula is C14H17NO3. The van der Waals surface area contributed by atoms with E-state index in [1.54, 1.807) is 18.2 Å². The Morgan fingerprint density at radius 2 is 2.06 bits per heavy atom. The van der Waals surface area contributed by atoms with Crippen molar-refractivity contribution in [3.63, 3.8) is 0 Å². The second-order valence-electron chi connectivity index (χ2n) is 3.93. The van der Waals surface area contributed by atoms with Crippen molar-refractivity contribution in [2.24, 2.45) is 0 Å². The van der Waals surface area contributed by atoms with Gasteiger partial charge < -0.3 is 10.5 Å². The molecule has 0 heterocycles. The van der Waals surface area contributed by atoms with Crippen LogP contribution in [0, 0.1) is 0 Å². The van der Waals surface area contributed by atoms with Crippen molar-refractivity contribution in [3.8, 4) is 0 Å². The number of methoxy groups -OCH3 is 1. The number of rotatable bonds is 4. The predicted octanol–water partition coefficient (Wildman–Crippen LogP) is 2.44. The third-order valence-electron chi connectivity index (χ3n) is 2.58. The first-order chi connectivity index (χ1) is 8.49. The highest BCUT2D eigenvalue weighted by Crippen LogP contribution is 2.25. The fourth-order valence-corrected chi connectivity index (χ4v) is 1.69. The van der Waals surface area contributed by atoms with Crippen LogP contribution in [-0.4, -0.2) is 18.9 Å². The maximum absolute atomic E-state index is 11.5. The highest BCUT2D eigenvalue weighted by molar-refractivity contribution is 5.98. The van der Waals surface area contributed by atoms with Crippen LogP contribution in [0.4, 0.5) is 5.69 Å². The van der Waals surface area contributed by atoms with Crippen molar-refractivity contribution in [2.75, 3.05) is 12.8 Å². The maximum Gasteiger partial charge on any atom is 0.337 e. The van der Waals surface area contributed by atoms with Gasteiger partial charge in [-0.25, -0.2) is 4.79 Å². The molecule has 0 fully saturated rings. The highest BCUT2D eigenvalue weighted by atomic mass is 16.5. The molecule has 0 aliphatic rings. The summed E-state index contributed by atoms with van der Waals surface area (Å²) in [6, 6.07) is 4.90. The molecule has 1 aromatic rings. The first-order valence-corrected chi connectivity index (χ1v) is 5.69. The van der Waals surface area contributed by atoms with Crippen molar-refractivity contribution in [2.45, 2.75) is 20.3 Å². The lowest BCUT2D eigenvalue weighted by Crippen LogP contribution is -2.04. The molecule has 1 aromatic carbocycles. The van der Waals surface area contributed by atoms with Gasteiger partial charge in [0.2, 0.25) is 0 Å². The number of ketones is 1. The van der Waals surface area contributed by atoms with E-state index in [1.807, 2.05) is 6.92 Å². The maximum atomic E-state index is 11.5. The molecule has 0 unspecified atom stereocenters. The molecule has 0 spiro atoms. The van der Waals surface area contributed by atoms with Crippen LogP contribution in [0.2, 0.25) is 0 Å². The molecule has 0 bridgehead atoms. The summed E-state index contributed by atoms with van der Waals surface area (Å²) in [5.41, 5.74) is 8.35. The van der Waals surface area contributed by atoms with E-state index in [9.17, 15) is 9.59 Å². The standard InChI is InChI=1S/C14H17NO3/c1-4-10(7-9(2)16)12-8-11(14(17)18-3)5-6-13(12)15/h5-8H,4,15H2,1-3H3/b10-7+. The average Bonchev–Trinajstić information content (AvgIpc) is 2.35. The lowest BCUT2D eigenvalue weighted by atomic mass is 9.98. The topological polar surface area (TPSA) is 69.4 Å². The fourth-order valence-electron chi connectivity index (χ4n) is 1.69. The molecule has 0 aromatic heterocycles. The van der Waals surface area contributed by atoms with Gasteiger partial charge in [-0.2, -0.15) is 0 Å². The molecule has 0 atom stereocenters. The largest absolute Gasteiger partial charge is 0.465 e. The second-order valence-corrected chi connectivity index (χ2v) is 3.93. The van der Waals surface area contributed by atoms with Crippen LogP contribution < -0.4 is 5.73 Å². The minimum Gasteiger partial charge on any atom is -0.465 e. The summed E-state index contributed by atoms with van der Waals surface area (Å²) in [5.74, 6) is -0.468. The lowest BCUT2D eigenvalue weighted by Gasteiger charge is -2.10. The third-order valence-corrected chi connectivity index (χ3v) is 2.58. The highest BCUT2D eigenvalue weighted by Gasteiger charge is 2.11. The number of hydrogen-bond donors (Lipinski definition) is 1. The van der Waals surface area contributed by atoms with Gasteiger partial charge in [0.25, 0.3) is 0 Å². The van der Waals surface area contributed by atoms with Crippen molar-refractivity contribution in [1.29, 1.82) is 0 Å². The molecule has 0 saturated carbocycles. The lowest BCUT2D eigenvalue weighted by molar-refractivity contribution is -0.112. The Labute approximate surface area is 106 Å². The molecule has 0 amide bonds. The summed E-state index contributed by atoms with van der Waals surface area (Å²) < 4.78 is 4.66. The van der Waals surface area contributed by atoms with Crippen LogP contribution in [0.15, 0.2) is 24.3 Å². The van der Waals surface area contributed by atoms with Crippen LogP contribution in [0.25, 0.3) is 5.57 Å². The molecule has 1 rings (SSSR count).